The number of nitrogens with one attached hydrogen (secondary N) is 1. The van der Waals surface area contributed by atoms with Gasteiger partial charge in [0, 0.05) is 5.92 Å². The SMILES string of the molecule is CCc1noc([C@H](c2nc3c(F)c(C4COCC4C(=O)N4CC(F)(F)C4)ccc3[nH]2)C2CCC(C)CC2)c1C(N)=O. The Morgan fingerprint density at radius 3 is 2.59 bits per heavy atom. The summed E-state index contributed by atoms with van der Waals surface area (Å²) in [6, 6.07) is 3.30. The molecular weight excluding hydrogens is 539 g/mol. The predicted octanol–water partition coefficient (Wildman–Crippen LogP) is 4.52. The molecule has 12 heteroatoms. The molecule has 3 aromatic rings. The summed E-state index contributed by atoms with van der Waals surface area (Å²) in [5, 5.41) is 4.12. The van der Waals surface area contributed by atoms with E-state index in [9.17, 15) is 18.4 Å². The van der Waals surface area contributed by atoms with Crippen LogP contribution in [0.5, 0.6) is 0 Å². The topological polar surface area (TPSA) is 127 Å². The lowest BCUT2D eigenvalue weighted by Gasteiger charge is -2.40. The molecule has 3 atom stereocenters. The van der Waals surface area contributed by atoms with Gasteiger partial charge in [-0.05, 0) is 42.7 Å². The third kappa shape index (κ3) is 4.89. The molecule has 0 radical (unpaired) electrons. The first-order valence-corrected chi connectivity index (χ1v) is 14.3. The predicted molar refractivity (Wildman–Crippen MR) is 142 cm³/mol. The number of amides is 2. The first-order chi connectivity index (χ1) is 19.6. The number of hydrogen-bond acceptors (Lipinski definition) is 6. The lowest BCUT2D eigenvalue weighted by Crippen LogP contribution is -2.60. The molecular formula is C29H34F3N5O4. The lowest BCUT2D eigenvalue weighted by atomic mass is 9.74. The fourth-order valence-corrected chi connectivity index (χ4v) is 6.75. The van der Waals surface area contributed by atoms with Gasteiger partial charge < -0.3 is 24.9 Å². The van der Waals surface area contributed by atoms with Crippen molar-refractivity contribution < 1.29 is 32.0 Å². The molecule has 4 heterocycles. The minimum atomic E-state index is -2.89. The number of aromatic amines is 1. The van der Waals surface area contributed by atoms with E-state index < -0.39 is 54.4 Å². The van der Waals surface area contributed by atoms with E-state index in [4.69, 9.17) is 20.0 Å². The quantitative estimate of drug-likeness (QED) is 0.428. The maximum atomic E-state index is 16.1. The number of aryl methyl sites for hydroxylation is 1. The van der Waals surface area contributed by atoms with Gasteiger partial charge in [0.15, 0.2) is 11.6 Å². The number of hydrogen-bond donors (Lipinski definition) is 2. The van der Waals surface area contributed by atoms with E-state index >= 15 is 4.39 Å². The van der Waals surface area contributed by atoms with Crippen molar-refractivity contribution in [2.45, 2.75) is 63.7 Å². The number of carbonyl (C=O) groups is 2. The van der Waals surface area contributed by atoms with Crippen molar-refractivity contribution in [3.63, 3.8) is 0 Å². The monoisotopic (exact) mass is 573 g/mol. The zero-order chi connectivity index (χ0) is 29.1. The van der Waals surface area contributed by atoms with E-state index in [-0.39, 0.29) is 35.8 Å². The number of aromatic nitrogens is 3. The van der Waals surface area contributed by atoms with Crippen LogP contribution in [0.2, 0.25) is 0 Å². The molecule has 2 unspecified atom stereocenters. The fourth-order valence-electron chi connectivity index (χ4n) is 6.75. The Morgan fingerprint density at radius 2 is 1.93 bits per heavy atom. The molecule has 2 aromatic heterocycles. The van der Waals surface area contributed by atoms with E-state index in [0.29, 0.717) is 35.1 Å². The molecule has 1 aromatic carbocycles. The maximum absolute atomic E-state index is 16.1. The highest BCUT2D eigenvalue weighted by atomic mass is 19.3. The average molecular weight is 574 g/mol. The van der Waals surface area contributed by atoms with Crippen LogP contribution in [0.4, 0.5) is 13.2 Å². The second-order valence-electron chi connectivity index (χ2n) is 11.9. The summed E-state index contributed by atoms with van der Waals surface area (Å²) in [5.74, 6) is -4.98. The van der Waals surface area contributed by atoms with Crippen LogP contribution in [-0.4, -0.2) is 64.1 Å². The minimum absolute atomic E-state index is 0.0399. The Morgan fingerprint density at radius 1 is 1.20 bits per heavy atom. The van der Waals surface area contributed by atoms with Crippen molar-refractivity contribution in [1.29, 1.82) is 0 Å². The number of primary amides is 1. The van der Waals surface area contributed by atoms with Gasteiger partial charge in [-0.2, -0.15) is 0 Å². The minimum Gasteiger partial charge on any atom is -0.380 e. The summed E-state index contributed by atoms with van der Waals surface area (Å²) >= 11 is 0. The molecule has 1 saturated carbocycles. The van der Waals surface area contributed by atoms with Crippen molar-refractivity contribution in [2.24, 2.45) is 23.5 Å². The highest BCUT2D eigenvalue weighted by Gasteiger charge is 2.50. The third-order valence-corrected chi connectivity index (χ3v) is 9.07. The number of nitrogens with zero attached hydrogens (tertiary/aromatic N) is 3. The van der Waals surface area contributed by atoms with Gasteiger partial charge in [-0.3, -0.25) is 9.59 Å². The Kier molecular flexibility index (Phi) is 7.07. The van der Waals surface area contributed by atoms with E-state index in [1.165, 1.54) is 0 Å². The zero-order valence-corrected chi connectivity index (χ0v) is 23.1. The molecule has 0 bridgehead atoms. The van der Waals surface area contributed by atoms with Gasteiger partial charge >= 0.3 is 0 Å². The number of halogens is 3. The molecule has 3 fully saturated rings. The number of fused-ring (bicyclic) bond motifs is 1. The summed E-state index contributed by atoms with van der Waals surface area (Å²) in [5.41, 5.74) is 7.29. The number of benzene rings is 1. The van der Waals surface area contributed by atoms with Gasteiger partial charge in [-0.25, -0.2) is 18.2 Å². The Hall–Kier alpha value is -3.41. The summed E-state index contributed by atoms with van der Waals surface area (Å²) in [6.07, 6.45) is 4.21. The van der Waals surface area contributed by atoms with E-state index in [0.717, 1.165) is 30.6 Å². The van der Waals surface area contributed by atoms with E-state index in [1.807, 2.05) is 6.92 Å². The van der Waals surface area contributed by atoms with Gasteiger partial charge in [0.1, 0.15) is 16.9 Å². The van der Waals surface area contributed by atoms with Gasteiger partial charge in [0.05, 0.1) is 49.3 Å². The van der Waals surface area contributed by atoms with Crippen LogP contribution >= 0.6 is 0 Å². The van der Waals surface area contributed by atoms with Crippen LogP contribution in [0.3, 0.4) is 0 Å². The summed E-state index contributed by atoms with van der Waals surface area (Å²) < 4.78 is 54.2. The molecule has 2 saturated heterocycles. The van der Waals surface area contributed by atoms with Crippen LogP contribution in [0.1, 0.15) is 84.6 Å². The maximum Gasteiger partial charge on any atom is 0.282 e. The molecule has 0 spiro atoms. The van der Waals surface area contributed by atoms with Gasteiger partial charge in [0.2, 0.25) is 5.91 Å². The second-order valence-corrected chi connectivity index (χ2v) is 11.9. The van der Waals surface area contributed by atoms with Crippen LogP contribution in [-0.2, 0) is 16.0 Å². The summed E-state index contributed by atoms with van der Waals surface area (Å²) in [6.45, 7) is 2.95. The largest absolute Gasteiger partial charge is 0.380 e. The van der Waals surface area contributed by atoms with Gasteiger partial charge in [-0.15, -0.1) is 0 Å². The second kappa shape index (κ2) is 10.5. The first-order valence-electron chi connectivity index (χ1n) is 14.3. The molecule has 2 amide bonds. The van der Waals surface area contributed by atoms with Gasteiger partial charge in [-0.1, -0.05) is 37.9 Å². The summed E-state index contributed by atoms with van der Waals surface area (Å²) in [4.78, 5) is 34.5. The highest BCUT2D eigenvalue weighted by molar-refractivity contribution is 5.95. The standard InChI is InChI=1S/C29H34F3N5O4/c1-3-19-22(26(33)38)25(41-36-19)21(15-6-4-14(2)5-7-15)27-34-20-9-8-16(23(30)24(20)35-27)17-10-40-11-18(17)28(39)37-12-29(31,32)13-37/h8-9,14-15,17-18,21H,3-7,10-13H2,1-2H3,(H2,33,38)(H,34,35)/t14?,15?,17?,18?,21-/m1/s1. The lowest BCUT2D eigenvalue weighted by molar-refractivity contribution is -0.169. The Bertz CT molecular complexity index is 1470. The van der Waals surface area contributed by atoms with Crippen molar-refractivity contribution in [1.82, 2.24) is 20.0 Å². The smallest absolute Gasteiger partial charge is 0.282 e. The fraction of sp³-hybridized carbons (Fsp3) is 0.586. The number of H-pyrrole nitrogens is 1. The Balaban J connectivity index is 1.37. The molecule has 220 valence electrons. The van der Waals surface area contributed by atoms with Crippen LogP contribution in [0.15, 0.2) is 16.7 Å². The van der Waals surface area contributed by atoms with E-state index in [1.54, 1.807) is 12.1 Å². The molecule has 2 aliphatic heterocycles. The number of alkyl halides is 2. The number of rotatable bonds is 7. The first kappa shape index (κ1) is 27.7. The van der Waals surface area contributed by atoms with Crippen molar-refractivity contribution in [3.05, 3.63) is 46.4 Å². The molecule has 3 N–H and O–H groups in total. The van der Waals surface area contributed by atoms with Crippen molar-refractivity contribution in [3.8, 4) is 0 Å². The molecule has 9 nitrogen and oxygen atoms in total. The van der Waals surface area contributed by atoms with Crippen LogP contribution in [0, 0.1) is 23.6 Å². The Labute approximate surface area is 235 Å². The summed E-state index contributed by atoms with van der Waals surface area (Å²) in [7, 11) is 0. The molecule has 1 aliphatic carbocycles. The number of carbonyl (C=O) groups excluding carboxylic acids is 2. The van der Waals surface area contributed by atoms with Crippen LogP contribution in [0.25, 0.3) is 11.0 Å². The molecule has 3 aliphatic rings. The van der Waals surface area contributed by atoms with Gasteiger partial charge in [0.25, 0.3) is 11.8 Å². The van der Waals surface area contributed by atoms with Crippen molar-refractivity contribution >= 4 is 22.8 Å². The number of likely N-dealkylation sites (tertiary alicyclic amines) is 1. The van der Waals surface area contributed by atoms with Crippen molar-refractivity contribution in [2.75, 3.05) is 26.3 Å². The normalized spacial score (nSPS) is 26.7. The number of imidazole rings is 1. The molecule has 6 rings (SSSR count). The molecule has 41 heavy (non-hydrogen) atoms. The third-order valence-electron chi connectivity index (χ3n) is 9.07. The average Bonchev–Trinajstić information content (AvgIpc) is 3.67. The zero-order valence-electron chi connectivity index (χ0n) is 23.1. The van der Waals surface area contributed by atoms with E-state index in [2.05, 4.69) is 17.1 Å². The number of nitrogens with two attached hydrogens (primary N) is 1. The highest BCUT2D eigenvalue weighted by Crippen LogP contribution is 2.44. The van der Waals surface area contributed by atoms with Crippen LogP contribution < -0.4 is 5.73 Å². The number of ether oxygens (including phenoxy) is 1.